The Kier molecular flexibility index (Phi) is 4.36. The quantitative estimate of drug-likeness (QED) is 0.650. The zero-order valence-electron chi connectivity index (χ0n) is 13.3. The number of hydrogen-bond donors (Lipinski definition) is 1. The lowest BCUT2D eigenvalue weighted by molar-refractivity contribution is -0.169. The van der Waals surface area contributed by atoms with E-state index < -0.39 is 24.0 Å². The van der Waals surface area contributed by atoms with Crippen LogP contribution in [0.5, 0.6) is 0 Å². The number of nitrogens with zero attached hydrogens (tertiary/aromatic N) is 1. The van der Waals surface area contributed by atoms with Crippen LogP contribution in [0.15, 0.2) is 45.8 Å². The first-order chi connectivity index (χ1) is 11.4. The van der Waals surface area contributed by atoms with Gasteiger partial charge in [-0.2, -0.15) is 0 Å². The molecular weight excluding hydrogens is 330 g/mol. The second-order valence-corrected chi connectivity index (χ2v) is 6.98. The molecule has 6 nitrogen and oxygen atoms in total. The van der Waals surface area contributed by atoms with Crippen molar-refractivity contribution >= 4 is 29.6 Å². The molecule has 126 valence electrons. The third-order valence-corrected chi connectivity index (χ3v) is 5.33. The van der Waals surface area contributed by atoms with Crippen molar-refractivity contribution < 1.29 is 24.2 Å². The Morgan fingerprint density at radius 2 is 2.00 bits per heavy atom. The van der Waals surface area contributed by atoms with Gasteiger partial charge in [-0.1, -0.05) is 30.0 Å². The molecule has 1 aromatic carbocycles. The minimum atomic E-state index is -1.11. The molecule has 0 aliphatic carbocycles. The van der Waals surface area contributed by atoms with Crippen LogP contribution in [0.4, 0.5) is 0 Å². The summed E-state index contributed by atoms with van der Waals surface area (Å²) in [5, 5.41) is 9.52. The second-order valence-electron chi connectivity index (χ2n) is 5.81. The summed E-state index contributed by atoms with van der Waals surface area (Å²) in [6, 6.07) is 9.18. The first-order valence-electron chi connectivity index (χ1n) is 7.59. The molecule has 0 spiro atoms. The van der Waals surface area contributed by atoms with Crippen LogP contribution in [0.2, 0.25) is 0 Å². The molecule has 1 fully saturated rings. The number of carbonyl (C=O) groups excluding carboxylic acids is 2. The molecule has 1 N–H and O–H groups in total. The van der Waals surface area contributed by atoms with E-state index in [-0.39, 0.29) is 17.6 Å². The average molecular weight is 347 g/mol. The zero-order chi connectivity index (χ0) is 17.4. The highest BCUT2D eigenvalue weighted by Gasteiger charge is 2.57. The number of carbonyl (C=O) groups is 3. The first kappa shape index (κ1) is 16.6. The van der Waals surface area contributed by atoms with E-state index in [1.807, 2.05) is 30.3 Å². The minimum absolute atomic E-state index is 0.0464. The van der Waals surface area contributed by atoms with E-state index >= 15 is 0 Å². The maximum absolute atomic E-state index is 12.4. The lowest BCUT2D eigenvalue weighted by Crippen LogP contribution is -2.62. The van der Waals surface area contributed by atoms with Crippen LogP contribution >= 0.6 is 11.8 Å². The topological polar surface area (TPSA) is 83.9 Å². The van der Waals surface area contributed by atoms with Crippen LogP contribution in [-0.2, 0) is 19.1 Å². The molecule has 3 atom stereocenters. The van der Waals surface area contributed by atoms with Crippen LogP contribution in [0, 0.1) is 5.92 Å². The van der Waals surface area contributed by atoms with Crippen molar-refractivity contribution in [2.75, 3.05) is 0 Å². The SMILES string of the molecule is CC(=O)OC(C)C1C(=O)N2C(C(=O)O)=C(Sc3ccccc3)CC12. The molecule has 1 aromatic rings. The van der Waals surface area contributed by atoms with Crippen LogP contribution in [0.1, 0.15) is 20.3 Å². The fourth-order valence-electron chi connectivity index (χ4n) is 3.27. The number of benzene rings is 1. The number of hydrogen-bond acceptors (Lipinski definition) is 5. The van der Waals surface area contributed by atoms with Crippen molar-refractivity contribution in [1.82, 2.24) is 4.90 Å². The van der Waals surface area contributed by atoms with Gasteiger partial charge >= 0.3 is 11.9 Å². The molecule has 1 saturated heterocycles. The molecule has 1 amide bonds. The number of aliphatic carboxylic acids is 1. The van der Waals surface area contributed by atoms with Crippen molar-refractivity contribution in [2.45, 2.75) is 37.3 Å². The number of carboxylic acids is 1. The van der Waals surface area contributed by atoms with Gasteiger partial charge in [-0.15, -0.1) is 0 Å². The Morgan fingerprint density at radius 1 is 1.33 bits per heavy atom. The van der Waals surface area contributed by atoms with Gasteiger partial charge in [0.15, 0.2) is 0 Å². The molecular formula is C17H17NO5S. The summed E-state index contributed by atoms with van der Waals surface area (Å²) in [6.45, 7) is 2.97. The van der Waals surface area contributed by atoms with E-state index in [9.17, 15) is 19.5 Å². The maximum Gasteiger partial charge on any atom is 0.353 e. The first-order valence-corrected chi connectivity index (χ1v) is 8.41. The highest BCUT2D eigenvalue weighted by atomic mass is 32.2. The Morgan fingerprint density at radius 3 is 2.58 bits per heavy atom. The van der Waals surface area contributed by atoms with Gasteiger partial charge in [-0.25, -0.2) is 4.79 Å². The van der Waals surface area contributed by atoms with Crippen LogP contribution in [0.3, 0.4) is 0 Å². The molecule has 3 rings (SSSR count). The molecule has 2 aliphatic rings. The lowest BCUT2D eigenvalue weighted by Gasteiger charge is -2.45. The second kappa shape index (κ2) is 6.32. The standard InChI is InChI=1S/C17H17NO5S/c1-9(23-10(2)19)14-12-8-13(24-11-6-4-3-5-7-11)15(17(21)22)18(12)16(14)20/h3-7,9,12,14H,8H2,1-2H3,(H,21,22). The zero-order valence-corrected chi connectivity index (χ0v) is 14.1. The van der Waals surface area contributed by atoms with Crippen LogP contribution in [-0.4, -0.2) is 40.0 Å². The molecule has 0 aromatic heterocycles. The van der Waals surface area contributed by atoms with Gasteiger partial charge in [0, 0.05) is 23.1 Å². The fourth-order valence-corrected chi connectivity index (χ4v) is 4.39. The number of thioether (sulfide) groups is 1. The average Bonchev–Trinajstić information content (AvgIpc) is 2.82. The number of esters is 1. The predicted molar refractivity (Wildman–Crippen MR) is 86.9 cm³/mol. The smallest absolute Gasteiger partial charge is 0.353 e. The van der Waals surface area contributed by atoms with Gasteiger partial charge in [0.1, 0.15) is 11.8 Å². The summed E-state index contributed by atoms with van der Waals surface area (Å²) in [4.78, 5) is 38.1. The van der Waals surface area contributed by atoms with E-state index in [1.54, 1.807) is 6.92 Å². The number of carboxylic acid groups (broad SMARTS) is 1. The fraction of sp³-hybridized carbons (Fsp3) is 0.353. The Balaban J connectivity index is 1.83. The predicted octanol–water partition coefficient (Wildman–Crippen LogP) is 2.26. The van der Waals surface area contributed by atoms with E-state index in [0.29, 0.717) is 11.3 Å². The van der Waals surface area contributed by atoms with Gasteiger partial charge in [0.2, 0.25) is 5.91 Å². The number of β-lactam (4-membered cyclic amide) rings is 1. The molecule has 0 radical (unpaired) electrons. The van der Waals surface area contributed by atoms with Crippen molar-refractivity contribution in [1.29, 1.82) is 0 Å². The third-order valence-electron chi connectivity index (χ3n) is 4.21. The van der Waals surface area contributed by atoms with Crippen LogP contribution < -0.4 is 0 Å². The summed E-state index contributed by atoms with van der Waals surface area (Å²) in [5.74, 6) is -2.34. The molecule has 2 heterocycles. The van der Waals surface area contributed by atoms with Gasteiger partial charge in [0.25, 0.3) is 0 Å². The van der Waals surface area contributed by atoms with Crippen LogP contribution in [0.25, 0.3) is 0 Å². The van der Waals surface area contributed by atoms with Crippen molar-refractivity contribution in [3.8, 4) is 0 Å². The molecule has 24 heavy (non-hydrogen) atoms. The number of ether oxygens (including phenoxy) is 1. The molecule has 0 bridgehead atoms. The summed E-state index contributed by atoms with van der Waals surface area (Å²) in [7, 11) is 0. The third kappa shape index (κ3) is 2.80. The molecule has 7 heteroatoms. The van der Waals surface area contributed by atoms with Crippen molar-refractivity contribution in [2.24, 2.45) is 5.92 Å². The van der Waals surface area contributed by atoms with E-state index in [1.165, 1.54) is 23.6 Å². The monoisotopic (exact) mass is 347 g/mol. The molecule has 3 unspecified atom stereocenters. The van der Waals surface area contributed by atoms with Gasteiger partial charge < -0.3 is 14.7 Å². The number of amides is 1. The van der Waals surface area contributed by atoms with Crippen molar-refractivity contribution in [3.63, 3.8) is 0 Å². The summed E-state index contributed by atoms with van der Waals surface area (Å²) < 4.78 is 5.12. The maximum atomic E-state index is 12.4. The lowest BCUT2D eigenvalue weighted by atomic mass is 9.83. The highest BCUT2D eigenvalue weighted by molar-refractivity contribution is 8.03. The van der Waals surface area contributed by atoms with E-state index in [4.69, 9.17) is 4.74 Å². The van der Waals surface area contributed by atoms with E-state index in [2.05, 4.69) is 0 Å². The largest absolute Gasteiger partial charge is 0.477 e. The summed E-state index contributed by atoms with van der Waals surface area (Å²) in [5.41, 5.74) is 0.0464. The number of fused-ring (bicyclic) bond motifs is 1. The summed E-state index contributed by atoms with van der Waals surface area (Å²) >= 11 is 1.36. The van der Waals surface area contributed by atoms with E-state index in [0.717, 1.165) is 4.90 Å². The van der Waals surface area contributed by atoms with Crippen molar-refractivity contribution in [3.05, 3.63) is 40.9 Å². The Bertz CT molecular complexity index is 730. The Hall–Kier alpha value is -2.28. The van der Waals surface area contributed by atoms with Gasteiger partial charge in [0.05, 0.1) is 12.0 Å². The minimum Gasteiger partial charge on any atom is -0.477 e. The highest BCUT2D eigenvalue weighted by Crippen LogP contribution is 2.48. The normalized spacial score (nSPS) is 23.6. The Labute approximate surface area is 143 Å². The molecule has 2 aliphatic heterocycles. The number of rotatable bonds is 5. The molecule has 0 saturated carbocycles. The van der Waals surface area contributed by atoms with Gasteiger partial charge in [-0.3, -0.25) is 9.59 Å². The summed E-state index contributed by atoms with van der Waals surface area (Å²) in [6.07, 6.45) is -0.101. The van der Waals surface area contributed by atoms with Gasteiger partial charge in [-0.05, 0) is 19.1 Å².